The van der Waals surface area contributed by atoms with Crippen LogP contribution in [0.1, 0.15) is 29.8 Å². The first kappa shape index (κ1) is 12.9. The van der Waals surface area contributed by atoms with Crippen LogP contribution in [-0.2, 0) is 6.42 Å². The summed E-state index contributed by atoms with van der Waals surface area (Å²) in [7, 11) is 0. The molecule has 0 amide bonds. The van der Waals surface area contributed by atoms with Gasteiger partial charge in [-0.3, -0.25) is 4.79 Å². The molecule has 1 rings (SSSR count). The Balaban J connectivity index is 2.74. The third-order valence-corrected chi connectivity index (χ3v) is 2.41. The van der Waals surface area contributed by atoms with Crippen LogP contribution in [0, 0.1) is 5.92 Å². The summed E-state index contributed by atoms with van der Waals surface area (Å²) in [6.07, 6.45) is -0.0931. The molecule has 3 nitrogen and oxygen atoms in total. The number of ketones is 1. The third kappa shape index (κ3) is 3.43. The summed E-state index contributed by atoms with van der Waals surface area (Å²) in [5.41, 5.74) is 6.96. The standard InChI is InChI=1S/C13H19NO2/c1-9(2)7-10-3-5-11(6-4-10)13(16)12(15)8-14/h3-6,9,12,15H,7-8,14H2,1-2H3. The highest BCUT2D eigenvalue weighted by Crippen LogP contribution is 2.11. The molecule has 0 bridgehead atoms. The lowest BCUT2D eigenvalue weighted by Crippen LogP contribution is -2.29. The largest absolute Gasteiger partial charge is 0.384 e. The highest BCUT2D eigenvalue weighted by molar-refractivity contribution is 5.99. The van der Waals surface area contributed by atoms with Gasteiger partial charge in [-0.1, -0.05) is 38.1 Å². The second-order valence-corrected chi connectivity index (χ2v) is 4.41. The van der Waals surface area contributed by atoms with Crippen LogP contribution in [-0.4, -0.2) is 23.5 Å². The molecule has 0 saturated heterocycles. The molecular weight excluding hydrogens is 202 g/mol. The van der Waals surface area contributed by atoms with Crippen molar-refractivity contribution in [1.29, 1.82) is 0 Å². The van der Waals surface area contributed by atoms with Gasteiger partial charge >= 0.3 is 0 Å². The first-order chi connectivity index (χ1) is 7.54. The Morgan fingerprint density at radius 1 is 1.31 bits per heavy atom. The minimum absolute atomic E-state index is 0.0351. The van der Waals surface area contributed by atoms with E-state index in [0.717, 1.165) is 6.42 Å². The number of rotatable bonds is 5. The number of aliphatic hydroxyl groups excluding tert-OH is 1. The van der Waals surface area contributed by atoms with Gasteiger partial charge in [0.2, 0.25) is 0 Å². The molecule has 1 aromatic carbocycles. The zero-order valence-corrected chi connectivity index (χ0v) is 9.81. The normalized spacial score (nSPS) is 12.8. The van der Waals surface area contributed by atoms with E-state index in [0.29, 0.717) is 11.5 Å². The number of Topliss-reactive ketones (excluding diaryl/α,β-unsaturated/α-hetero) is 1. The van der Waals surface area contributed by atoms with Gasteiger partial charge in [-0.05, 0) is 17.9 Å². The van der Waals surface area contributed by atoms with Crippen molar-refractivity contribution in [3.63, 3.8) is 0 Å². The van der Waals surface area contributed by atoms with E-state index in [1.165, 1.54) is 5.56 Å². The SMILES string of the molecule is CC(C)Cc1ccc(C(=O)C(O)CN)cc1. The lowest BCUT2D eigenvalue weighted by atomic mass is 9.99. The van der Waals surface area contributed by atoms with Gasteiger partial charge in [0, 0.05) is 12.1 Å². The van der Waals surface area contributed by atoms with Crippen LogP contribution < -0.4 is 5.73 Å². The van der Waals surface area contributed by atoms with E-state index in [9.17, 15) is 9.90 Å². The Labute approximate surface area is 96.3 Å². The molecule has 0 aliphatic carbocycles. The molecular formula is C13H19NO2. The molecule has 0 aliphatic heterocycles. The van der Waals surface area contributed by atoms with Gasteiger partial charge in [0.15, 0.2) is 5.78 Å². The van der Waals surface area contributed by atoms with Gasteiger partial charge in [0.25, 0.3) is 0 Å². The Bertz CT molecular complexity index is 343. The molecule has 0 heterocycles. The van der Waals surface area contributed by atoms with E-state index in [2.05, 4.69) is 13.8 Å². The van der Waals surface area contributed by atoms with Crippen molar-refractivity contribution in [2.24, 2.45) is 11.7 Å². The quantitative estimate of drug-likeness (QED) is 0.738. The second kappa shape index (κ2) is 5.77. The number of hydrogen-bond donors (Lipinski definition) is 2. The fourth-order valence-corrected chi connectivity index (χ4v) is 1.58. The summed E-state index contributed by atoms with van der Waals surface area (Å²) in [6.45, 7) is 4.26. The molecule has 1 aromatic rings. The second-order valence-electron chi connectivity index (χ2n) is 4.41. The van der Waals surface area contributed by atoms with Gasteiger partial charge in [0.1, 0.15) is 6.10 Å². The zero-order chi connectivity index (χ0) is 12.1. The lowest BCUT2D eigenvalue weighted by molar-refractivity contribution is 0.0763. The summed E-state index contributed by atoms with van der Waals surface area (Å²) in [4.78, 5) is 11.6. The maximum Gasteiger partial charge on any atom is 0.192 e. The van der Waals surface area contributed by atoms with Crippen molar-refractivity contribution < 1.29 is 9.90 Å². The summed E-state index contributed by atoms with van der Waals surface area (Å²) in [5, 5.41) is 9.32. The van der Waals surface area contributed by atoms with Crippen LogP contribution in [0.5, 0.6) is 0 Å². The average Bonchev–Trinajstić information content (AvgIpc) is 2.27. The molecule has 0 aromatic heterocycles. The summed E-state index contributed by atoms with van der Waals surface area (Å²) in [6, 6.07) is 7.35. The van der Waals surface area contributed by atoms with Gasteiger partial charge in [-0.15, -0.1) is 0 Å². The first-order valence-corrected chi connectivity index (χ1v) is 5.56. The maximum absolute atomic E-state index is 11.6. The number of carbonyl (C=O) groups is 1. The molecule has 88 valence electrons. The maximum atomic E-state index is 11.6. The van der Waals surface area contributed by atoms with E-state index < -0.39 is 6.10 Å². The molecule has 0 spiro atoms. The molecule has 3 heteroatoms. The van der Waals surface area contributed by atoms with Gasteiger partial charge in [0.05, 0.1) is 0 Å². The Morgan fingerprint density at radius 2 is 1.88 bits per heavy atom. The van der Waals surface area contributed by atoms with Crippen molar-refractivity contribution in [2.75, 3.05) is 6.54 Å². The van der Waals surface area contributed by atoms with E-state index >= 15 is 0 Å². The minimum Gasteiger partial charge on any atom is -0.384 e. The average molecular weight is 221 g/mol. The van der Waals surface area contributed by atoms with Gasteiger partial charge < -0.3 is 10.8 Å². The van der Waals surface area contributed by atoms with Crippen LogP contribution >= 0.6 is 0 Å². The fourth-order valence-electron chi connectivity index (χ4n) is 1.58. The highest BCUT2D eigenvalue weighted by Gasteiger charge is 2.14. The molecule has 16 heavy (non-hydrogen) atoms. The van der Waals surface area contributed by atoms with E-state index in [1.54, 1.807) is 12.1 Å². The van der Waals surface area contributed by atoms with Crippen LogP contribution in [0.2, 0.25) is 0 Å². The van der Waals surface area contributed by atoms with Crippen LogP contribution in [0.3, 0.4) is 0 Å². The van der Waals surface area contributed by atoms with Crippen LogP contribution in [0.25, 0.3) is 0 Å². The predicted molar refractivity (Wildman–Crippen MR) is 64.4 cm³/mol. The Hall–Kier alpha value is -1.19. The zero-order valence-electron chi connectivity index (χ0n) is 9.81. The first-order valence-electron chi connectivity index (χ1n) is 5.56. The highest BCUT2D eigenvalue weighted by atomic mass is 16.3. The molecule has 1 atom stereocenters. The van der Waals surface area contributed by atoms with Crippen LogP contribution in [0.4, 0.5) is 0 Å². The van der Waals surface area contributed by atoms with Crippen molar-refractivity contribution >= 4 is 5.78 Å². The number of carbonyl (C=O) groups excluding carboxylic acids is 1. The van der Waals surface area contributed by atoms with Crippen molar-refractivity contribution in [3.8, 4) is 0 Å². The third-order valence-electron chi connectivity index (χ3n) is 2.41. The summed E-state index contributed by atoms with van der Waals surface area (Å²) >= 11 is 0. The molecule has 3 N–H and O–H groups in total. The van der Waals surface area contributed by atoms with E-state index in [1.807, 2.05) is 12.1 Å². The summed E-state index contributed by atoms with van der Waals surface area (Å²) in [5.74, 6) is 0.287. The van der Waals surface area contributed by atoms with Crippen molar-refractivity contribution in [2.45, 2.75) is 26.4 Å². The minimum atomic E-state index is -1.09. The number of hydrogen-bond acceptors (Lipinski definition) is 3. The molecule has 0 radical (unpaired) electrons. The topological polar surface area (TPSA) is 63.3 Å². The Morgan fingerprint density at radius 3 is 2.31 bits per heavy atom. The number of aliphatic hydroxyl groups is 1. The monoisotopic (exact) mass is 221 g/mol. The van der Waals surface area contributed by atoms with Gasteiger partial charge in [-0.25, -0.2) is 0 Å². The van der Waals surface area contributed by atoms with Crippen LogP contribution in [0.15, 0.2) is 24.3 Å². The Kier molecular flexibility index (Phi) is 4.65. The lowest BCUT2D eigenvalue weighted by Gasteiger charge is -2.08. The molecule has 0 aliphatic rings. The van der Waals surface area contributed by atoms with Crippen molar-refractivity contribution in [1.82, 2.24) is 0 Å². The molecule has 0 fully saturated rings. The van der Waals surface area contributed by atoms with E-state index in [4.69, 9.17) is 5.73 Å². The smallest absolute Gasteiger partial charge is 0.192 e. The van der Waals surface area contributed by atoms with Gasteiger partial charge in [-0.2, -0.15) is 0 Å². The number of benzene rings is 1. The fraction of sp³-hybridized carbons (Fsp3) is 0.462. The number of nitrogens with two attached hydrogens (primary N) is 1. The molecule has 0 saturated carbocycles. The van der Waals surface area contributed by atoms with Crippen molar-refractivity contribution in [3.05, 3.63) is 35.4 Å². The summed E-state index contributed by atoms with van der Waals surface area (Å²) < 4.78 is 0. The molecule has 1 unspecified atom stereocenters. The predicted octanol–water partition coefficient (Wildman–Crippen LogP) is 1.39. The van der Waals surface area contributed by atoms with E-state index in [-0.39, 0.29) is 12.3 Å².